The van der Waals surface area contributed by atoms with Gasteiger partial charge in [0.15, 0.2) is 0 Å². The molecular weight excluding hydrogens is 404 g/mol. The normalized spacial score (nSPS) is 21.3. The monoisotopic (exact) mass is 460 g/mol. The van der Waals surface area contributed by atoms with E-state index >= 15 is 0 Å². The molecule has 0 aromatic carbocycles. The van der Waals surface area contributed by atoms with Crippen LogP contribution in [0.4, 0.5) is 0 Å². The zero-order chi connectivity index (χ0) is 25.3. The molecule has 0 radical (unpaired) electrons. The number of nitrogens with zero attached hydrogens (tertiary/aromatic N) is 2. The average molecular weight is 461 g/mol. The summed E-state index contributed by atoms with van der Waals surface area (Å²) in [7, 11) is 0. The van der Waals surface area contributed by atoms with Crippen molar-refractivity contribution in [3.8, 4) is 0 Å². The zero-order valence-electron chi connectivity index (χ0n) is 23.8. The van der Waals surface area contributed by atoms with Crippen LogP contribution in [0.15, 0.2) is 22.3 Å². The second-order valence-corrected chi connectivity index (χ2v) is 11.2. The van der Waals surface area contributed by atoms with Crippen molar-refractivity contribution in [3.05, 3.63) is 12.3 Å². The summed E-state index contributed by atoms with van der Waals surface area (Å²) in [5.41, 5.74) is 2.37. The highest BCUT2D eigenvalue weighted by atomic mass is 15.2. The second kappa shape index (κ2) is 13.1. The number of guanidine groups is 1. The number of rotatable bonds is 12. The predicted molar refractivity (Wildman–Crippen MR) is 148 cm³/mol. The minimum atomic E-state index is 0.00236. The molecule has 1 aliphatic rings. The molecule has 0 heterocycles. The van der Waals surface area contributed by atoms with Crippen LogP contribution in [0.25, 0.3) is 0 Å². The van der Waals surface area contributed by atoms with Gasteiger partial charge in [0, 0.05) is 39.9 Å². The molecule has 0 bridgehead atoms. The lowest BCUT2D eigenvalue weighted by Gasteiger charge is -2.40. The summed E-state index contributed by atoms with van der Waals surface area (Å²) < 4.78 is 0. The SMILES string of the molecule is C=C(/N=C(\N=C(/C)C(C)(CC)CC)NC1CCCCC1NC(C)(CC)CC)C(C)(CC)CC. The number of nitrogens with one attached hydrogen (secondary N) is 2. The van der Waals surface area contributed by atoms with Crippen molar-refractivity contribution < 1.29 is 0 Å². The lowest BCUT2D eigenvalue weighted by Crippen LogP contribution is -2.57. The number of aliphatic imine (C=N–C) groups is 2. The third kappa shape index (κ3) is 7.94. The first-order valence-electron chi connectivity index (χ1n) is 13.8. The van der Waals surface area contributed by atoms with Gasteiger partial charge in [-0.2, -0.15) is 0 Å². The molecule has 2 N–H and O–H groups in total. The molecule has 1 aliphatic carbocycles. The molecule has 192 valence electrons. The molecule has 0 aromatic rings. The van der Waals surface area contributed by atoms with E-state index in [9.17, 15) is 0 Å². The van der Waals surface area contributed by atoms with E-state index in [1.165, 1.54) is 19.3 Å². The van der Waals surface area contributed by atoms with Gasteiger partial charge in [-0.15, -0.1) is 0 Å². The van der Waals surface area contributed by atoms with E-state index in [4.69, 9.17) is 9.98 Å². The van der Waals surface area contributed by atoms with Gasteiger partial charge >= 0.3 is 0 Å². The Morgan fingerprint density at radius 1 is 0.758 bits per heavy atom. The molecule has 2 unspecified atom stereocenters. The maximum Gasteiger partial charge on any atom is 0.223 e. The van der Waals surface area contributed by atoms with Crippen LogP contribution >= 0.6 is 0 Å². The Labute approximate surface area is 206 Å². The van der Waals surface area contributed by atoms with Crippen molar-refractivity contribution >= 4 is 11.7 Å². The Balaban J connectivity index is 3.35. The van der Waals surface area contributed by atoms with Crippen LogP contribution < -0.4 is 10.6 Å². The Bertz CT molecular complexity index is 663. The standard InChI is InChI=1S/C29H56N4/c1-12-27(9,13-2)22(7)30-26(31-23(8)28(10,14-3)15-4)32-24-20-18-19-21-25(24)33-29(11,16-5)17-6/h24-25,33H,7,12-21H2,1-6,8-11H3,(H,30,32)/b31-23+. The molecule has 2 atom stereocenters. The van der Waals surface area contributed by atoms with Gasteiger partial charge < -0.3 is 10.6 Å². The lowest BCUT2D eigenvalue weighted by molar-refractivity contribution is 0.220. The topological polar surface area (TPSA) is 48.8 Å². The summed E-state index contributed by atoms with van der Waals surface area (Å²) in [5.74, 6) is 0.757. The van der Waals surface area contributed by atoms with Gasteiger partial charge in [0.05, 0.1) is 0 Å². The minimum absolute atomic E-state index is 0.00236. The Morgan fingerprint density at radius 3 is 1.70 bits per heavy atom. The fourth-order valence-corrected chi connectivity index (χ4v) is 4.61. The molecule has 1 rings (SSSR count). The Kier molecular flexibility index (Phi) is 11.8. The largest absolute Gasteiger partial charge is 0.350 e. The summed E-state index contributed by atoms with van der Waals surface area (Å²) in [6.45, 7) is 27.1. The summed E-state index contributed by atoms with van der Waals surface area (Å²) in [6.07, 6.45) is 11.4. The predicted octanol–water partition coefficient (Wildman–Crippen LogP) is 8.04. The molecular formula is C29H56N4. The van der Waals surface area contributed by atoms with E-state index < -0.39 is 0 Å². The van der Waals surface area contributed by atoms with Crippen LogP contribution in [0.3, 0.4) is 0 Å². The molecule has 1 fully saturated rings. The molecule has 0 spiro atoms. The van der Waals surface area contributed by atoms with Crippen molar-refractivity contribution in [3.63, 3.8) is 0 Å². The third-order valence-electron chi connectivity index (χ3n) is 9.38. The van der Waals surface area contributed by atoms with E-state index in [2.05, 4.69) is 86.4 Å². The van der Waals surface area contributed by atoms with Gasteiger partial charge in [-0.25, -0.2) is 9.98 Å². The molecule has 0 aliphatic heterocycles. The van der Waals surface area contributed by atoms with Gasteiger partial charge in [0.1, 0.15) is 0 Å². The van der Waals surface area contributed by atoms with Crippen LogP contribution in [0.5, 0.6) is 0 Å². The van der Waals surface area contributed by atoms with E-state index in [1.54, 1.807) is 0 Å². The molecule has 0 amide bonds. The molecule has 1 saturated carbocycles. The maximum atomic E-state index is 5.14. The number of allylic oxidation sites excluding steroid dienone is 1. The number of hydrogen-bond donors (Lipinski definition) is 2. The van der Waals surface area contributed by atoms with E-state index in [1.807, 2.05) is 0 Å². The lowest BCUT2D eigenvalue weighted by atomic mass is 9.80. The van der Waals surface area contributed by atoms with Crippen molar-refractivity contribution in [1.29, 1.82) is 0 Å². The average Bonchev–Trinajstić information content (AvgIpc) is 2.83. The fourth-order valence-electron chi connectivity index (χ4n) is 4.61. The Morgan fingerprint density at radius 2 is 1.24 bits per heavy atom. The van der Waals surface area contributed by atoms with E-state index in [0.717, 1.165) is 62.3 Å². The molecule has 4 nitrogen and oxygen atoms in total. The first-order chi connectivity index (χ1) is 15.5. The van der Waals surface area contributed by atoms with E-state index in [0.29, 0.717) is 12.1 Å². The summed E-state index contributed by atoms with van der Waals surface area (Å²) in [6, 6.07) is 0.772. The van der Waals surface area contributed by atoms with Gasteiger partial charge in [-0.3, -0.25) is 0 Å². The molecule has 0 saturated heterocycles. The van der Waals surface area contributed by atoms with Crippen LogP contribution in [0.2, 0.25) is 0 Å². The van der Waals surface area contributed by atoms with Crippen LogP contribution in [0, 0.1) is 10.8 Å². The summed E-state index contributed by atoms with van der Waals surface area (Å²) in [4.78, 5) is 10.2. The highest BCUT2D eigenvalue weighted by Gasteiger charge is 2.32. The molecule has 33 heavy (non-hydrogen) atoms. The molecule has 0 aromatic heterocycles. The summed E-state index contributed by atoms with van der Waals surface area (Å²) in [5, 5.41) is 7.83. The minimum Gasteiger partial charge on any atom is -0.350 e. The van der Waals surface area contributed by atoms with Gasteiger partial charge in [-0.05, 0) is 65.2 Å². The quantitative estimate of drug-likeness (QED) is 0.229. The van der Waals surface area contributed by atoms with Crippen molar-refractivity contribution in [2.45, 2.75) is 151 Å². The van der Waals surface area contributed by atoms with Crippen LogP contribution in [0.1, 0.15) is 133 Å². The van der Waals surface area contributed by atoms with Crippen molar-refractivity contribution in [2.24, 2.45) is 20.8 Å². The van der Waals surface area contributed by atoms with Gasteiger partial charge in [0.2, 0.25) is 5.96 Å². The third-order valence-corrected chi connectivity index (χ3v) is 9.38. The second-order valence-electron chi connectivity index (χ2n) is 11.2. The highest BCUT2D eigenvalue weighted by Crippen LogP contribution is 2.34. The smallest absolute Gasteiger partial charge is 0.223 e. The number of hydrogen-bond acceptors (Lipinski definition) is 2. The van der Waals surface area contributed by atoms with Crippen LogP contribution in [-0.4, -0.2) is 29.3 Å². The van der Waals surface area contributed by atoms with Gasteiger partial charge in [-0.1, -0.05) is 74.8 Å². The first-order valence-corrected chi connectivity index (χ1v) is 13.8. The van der Waals surface area contributed by atoms with Crippen molar-refractivity contribution in [2.75, 3.05) is 0 Å². The van der Waals surface area contributed by atoms with E-state index in [-0.39, 0.29) is 16.4 Å². The highest BCUT2D eigenvalue weighted by molar-refractivity contribution is 5.99. The van der Waals surface area contributed by atoms with Crippen LogP contribution in [-0.2, 0) is 0 Å². The molecule has 4 heteroatoms. The van der Waals surface area contributed by atoms with Gasteiger partial charge in [0.25, 0.3) is 0 Å². The van der Waals surface area contributed by atoms with Crippen molar-refractivity contribution in [1.82, 2.24) is 10.6 Å². The first kappa shape index (κ1) is 29.9. The summed E-state index contributed by atoms with van der Waals surface area (Å²) >= 11 is 0. The Hall–Kier alpha value is -1.16. The maximum absolute atomic E-state index is 5.14. The zero-order valence-corrected chi connectivity index (χ0v) is 23.8. The fraction of sp³-hybridized carbons (Fsp3) is 0.862.